The Kier molecular flexibility index (Phi) is 5.05. The van der Waals surface area contributed by atoms with Gasteiger partial charge in [0, 0.05) is 42.9 Å². The van der Waals surface area contributed by atoms with E-state index in [1.807, 2.05) is 35.0 Å². The van der Waals surface area contributed by atoms with Crippen molar-refractivity contribution in [2.24, 2.45) is 5.41 Å². The maximum atomic E-state index is 12.6. The number of hydrogen-bond donors (Lipinski definition) is 1. The van der Waals surface area contributed by atoms with E-state index in [-0.39, 0.29) is 18.0 Å². The smallest absolute Gasteiger partial charge is 0.267 e. The maximum Gasteiger partial charge on any atom is 0.267 e. The minimum absolute atomic E-state index is 0.124. The Morgan fingerprint density at radius 2 is 2.00 bits per heavy atom. The molecule has 2 aromatic heterocycles. The highest BCUT2D eigenvalue weighted by molar-refractivity contribution is 5.90. The molecule has 1 saturated heterocycles. The first-order valence-corrected chi connectivity index (χ1v) is 10.8. The van der Waals surface area contributed by atoms with Gasteiger partial charge in [-0.05, 0) is 48.9 Å². The molecule has 1 amide bonds. The Morgan fingerprint density at radius 1 is 1.13 bits per heavy atom. The van der Waals surface area contributed by atoms with Crippen molar-refractivity contribution in [3.63, 3.8) is 0 Å². The van der Waals surface area contributed by atoms with E-state index in [0.29, 0.717) is 11.1 Å². The van der Waals surface area contributed by atoms with Crippen LogP contribution in [-0.4, -0.2) is 38.3 Å². The summed E-state index contributed by atoms with van der Waals surface area (Å²) in [5, 5.41) is 7.37. The number of amides is 1. The highest BCUT2D eigenvalue weighted by atomic mass is 16.2. The van der Waals surface area contributed by atoms with Crippen LogP contribution in [0.5, 0.6) is 0 Å². The molecule has 1 N–H and O–H groups in total. The van der Waals surface area contributed by atoms with Crippen LogP contribution in [0.2, 0.25) is 0 Å². The van der Waals surface area contributed by atoms with Gasteiger partial charge in [0.2, 0.25) is 5.91 Å². The van der Waals surface area contributed by atoms with Crippen LogP contribution in [0.4, 0.5) is 11.5 Å². The van der Waals surface area contributed by atoms with E-state index in [1.54, 1.807) is 18.6 Å². The molecule has 1 saturated carbocycles. The maximum absolute atomic E-state index is 12.6. The fourth-order valence-corrected chi connectivity index (χ4v) is 4.88. The molecule has 1 aromatic carbocycles. The van der Waals surface area contributed by atoms with Gasteiger partial charge in [0.1, 0.15) is 12.4 Å². The van der Waals surface area contributed by atoms with Crippen molar-refractivity contribution < 1.29 is 4.79 Å². The number of hydrogen-bond acceptors (Lipinski definition) is 5. The Morgan fingerprint density at radius 3 is 2.81 bits per heavy atom. The quantitative estimate of drug-likeness (QED) is 0.689. The monoisotopic (exact) mass is 418 g/mol. The molecule has 0 bridgehead atoms. The molecule has 5 rings (SSSR count). The fraction of sp³-hybridized carbons (Fsp3) is 0.391. The number of aromatic nitrogens is 4. The van der Waals surface area contributed by atoms with Gasteiger partial charge < -0.3 is 14.8 Å². The van der Waals surface area contributed by atoms with E-state index in [9.17, 15) is 9.59 Å². The highest BCUT2D eigenvalue weighted by Crippen LogP contribution is 2.45. The van der Waals surface area contributed by atoms with Crippen LogP contribution in [-0.2, 0) is 11.3 Å². The Bertz CT molecular complexity index is 1130. The van der Waals surface area contributed by atoms with Crippen LogP contribution in [0.25, 0.3) is 5.69 Å². The van der Waals surface area contributed by atoms with E-state index in [0.717, 1.165) is 24.6 Å². The zero-order valence-corrected chi connectivity index (χ0v) is 17.4. The molecule has 1 aliphatic heterocycles. The fourth-order valence-electron chi connectivity index (χ4n) is 4.88. The van der Waals surface area contributed by atoms with Crippen LogP contribution >= 0.6 is 0 Å². The molecular formula is C23H26N6O2. The summed E-state index contributed by atoms with van der Waals surface area (Å²) >= 11 is 0. The summed E-state index contributed by atoms with van der Waals surface area (Å²) in [5.41, 5.74) is 1.69. The van der Waals surface area contributed by atoms with Gasteiger partial charge in [-0.2, -0.15) is 5.10 Å². The van der Waals surface area contributed by atoms with E-state index < -0.39 is 0 Å². The molecule has 160 valence electrons. The molecular weight excluding hydrogens is 392 g/mol. The predicted molar refractivity (Wildman–Crippen MR) is 118 cm³/mol. The zero-order valence-electron chi connectivity index (χ0n) is 17.4. The van der Waals surface area contributed by atoms with Crippen LogP contribution in [0.3, 0.4) is 0 Å². The highest BCUT2D eigenvalue weighted by Gasteiger charge is 2.40. The van der Waals surface area contributed by atoms with Crippen LogP contribution < -0.4 is 15.8 Å². The first-order chi connectivity index (χ1) is 15.1. The normalized spacial score (nSPS) is 17.4. The number of nitrogens with zero attached hydrogens (tertiary/aromatic N) is 5. The van der Waals surface area contributed by atoms with Crippen molar-refractivity contribution >= 4 is 17.4 Å². The molecule has 8 nitrogen and oxygen atoms in total. The summed E-state index contributed by atoms with van der Waals surface area (Å²) in [5.74, 6) is 0.487. The largest absolute Gasteiger partial charge is 0.355 e. The van der Waals surface area contributed by atoms with Gasteiger partial charge >= 0.3 is 0 Å². The van der Waals surface area contributed by atoms with Gasteiger partial charge in [-0.1, -0.05) is 18.9 Å². The van der Waals surface area contributed by atoms with Crippen molar-refractivity contribution in [1.29, 1.82) is 0 Å². The average Bonchev–Trinajstić information content (AvgIpc) is 3.53. The van der Waals surface area contributed by atoms with Gasteiger partial charge in [0.05, 0.1) is 6.33 Å². The lowest BCUT2D eigenvalue weighted by Gasteiger charge is -2.24. The van der Waals surface area contributed by atoms with Crippen molar-refractivity contribution in [1.82, 2.24) is 19.3 Å². The summed E-state index contributed by atoms with van der Waals surface area (Å²) in [7, 11) is 0. The number of rotatable bonds is 5. The summed E-state index contributed by atoms with van der Waals surface area (Å²) in [4.78, 5) is 31.3. The second-order valence-electron chi connectivity index (χ2n) is 8.63. The predicted octanol–water partition coefficient (Wildman–Crippen LogP) is 2.84. The van der Waals surface area contributed by atoms with Gasteiger partial charge in [0.25, 0.3) is 5.56 Å². The van der Waals surface area contributed by atoms with E-state index in [1.165, 1.54) is 42.9 Å². The van der Waals surface area contributed by atoms with Crippen molar-refractivity contribution in [3.8, 4) is 5.69 Å². The first-order valence-electron chi connectivity index (χ1n) is 10.8. The molecule has 3 aromatic rings. The third kappa shape index (κ3) is 4.10. The molecule has 31 heavy (non-hydrogen) atoms. The SMILES string of the molecule is O=C(Cn1nc(N2CCC3(CCCC3)C2)ccc1=O)Nc1cccc(-n2ccnc2)c1. The second-order valence-corrected chi connectivity index (χ2v) is 8.63. The molecule has 1 aliphatic carbocycles. The Balaban J connectivity index is 1.28. The molecule has 1 spiro atoms. The third-order valence-electron chi connectivity index (χ3n) is 6.50. The van der Waals surface area contributed by atoms with Gasteiger partial charge in [-0.15, -0.1) is 0 Å². The Hall–Kier alpha value is -3.42. The van der Waals surface area contributed by atoms with Crippen LogP contribution in [0, 0.1) is 5.41 Å². The van der Waals surface area contributed by atoms with Crippen molar-refractivity contribution in [2.75, 3.05) is 23.3 Å². The molecule has 8 heteroatoms. The number of anilines is 2. The molecule has 0 unspecified atom stereocenters. The van der Waals surface area contributed by atoms with E-state index in [4.69, 9.17) is 0 Å². The lowest BCUT2D eigenvalue weighted by Crippen LogP contribution is -2.32. The average molecular weight is 419 g/mol. The van der Waals surface area contributed by atoms with Gasteiger partial charge in [-0.3, -0.25) is 9.59 Å². The van der Waals surface area contributed by atoms with Gasteiger partial charge in [-0.25, -0.2) is 9.67 Å². The number of nitrogens with one attached hydrogen (secondary N) is 1. The topological polar surface area (TPSA) is 85.0 Å². The molecule has 2 fully saturated rings. The molecule has 0 atom stereocenters. The number of carbonyl (C=O) groups is 1. The summed E-state index contributed by atoms with van der Waals surface area (Å²) in [6.45, 7) is 1.82. The number of carbonyl (C=O) groups excluding carboxylic acids is 1. The zero-order chi connectivity index (χ0) is 21.3. The number of imidazole rings is 1. The lowest BCUT2D eigenvalue weighted by atomic mass is 9.86. The van der Waals surface area contributed by atoms with Crippen LogP contribution in [0.1, 0.15) is 32.1 Å². The molecule has 3 heterocycles. The van der Waals surface area contributed by atoms with Gasteiger partial charge in [0.15, 0.2) is 0 Å². The van der Waals surface area contributed by atoms with Crippen molar-refractivity contribution in [2.45, 2.75) is 38.6 Å². The first kappa shape index (κ1) is 19.5. The number of benzene rings is 1. The lowest BCUT2D eigenvalue weighted by molar-refractivity contribution is -0.117. The summed E-state index contributed by atoms with van der Waals surface area (Å²) in [6.07, 6.45) is 11.6. The van der Waals surface area contributed by atoms with E-state index in [2.05, 4.69) is 20.3 Å². The summed E-state index contributed by atoms with van der Waals surface area (Å²) < 4.78 is 3.11. The standard InChI is InChI=1S/C23H26N6O2/c30-21(25-18-4-3-5-19(14-18)28-13-11-24-17-28)15-29-22(31)7-6-20(26-29)27-12-10-23(16-27)8-1-2-9-23/h3-7,11,13-14,17H,1-2,8-10,12,15-16H2,(H,25,30). The van der Waals surface area contributed by atoms with E-state index >= 15 is 0 Å². The van der Waals surface area contributed by atoms with Crippen LogP contribution in [0.15, 0.2) is 59.9 Å². The Labute approximate surface area is 180 Å². The van der Waals surface area contributed by atoms with Crippen molar-refractivity contribution in [3.05, 3.63) is 65.5 Å². The third-order valence-corrected chi connectivity index (χ3v) is 6.50. The molecule has 0 radical (unpaired) electrons. The second kappa shape index (κ2) is 8.02. The minimum Gasteiger partial charge on any atom is -0.355 e. The minimum atomic E-state index is -0.289. The summed E-state index contributed by atoms with van der Waals surface area (Å²) in [6, 6.07) is 10.8. The molecule has 2 aliphatic rings.